The summed E-state index contributed by atoms with van der Waals surface area (Å²) in [6, 6.07) is 0. The molecule has 0 saturated heterocycles. The average Bonchev–Trinajstić information content (AvgIpc) is 2.25. The van der Waals surface area contributed by atoms with Crippen molar-refractivity contribution in [2.75, 3.05) is 0 Å². The normalized spacial score (nSPS) is 12.8. The summed E-state index contributed by atoms with van der Waals surface area (Å²) in [5.74, 6) is -2.91. The Kier molecular flexibility index (Phi) is 9.11. The molecule has 4 heteroatoms. The highest BCUT2D eigenvalue weighted by Crippen LogP contribution is 2.11. The molecule has 0 aromatic heterocycles. The smallest absolute Gasteiger partial charge is 0.307 e. The Balaban J connectivity index is 3.76. The Morgan fingerprint density at radius 3 is 2.35 bits per heavy atom. The molecule has 0 aliphatic rings. The molecule has 0 spiro atoms. The lowest BCUT2D eigenvalue weighted by Crippen LogP contribution is -2.16. The molecule has 0 rings (SSSR count). The van der Waals surface area contributed by atoms with Crippen LogP contribution in [0.3, 0.4) is 0 Å². The second-order valence-electron chi connectivity index (χ2n) is 4.19. The van der Waals surface area contributed by atoms with Gasteiger partial charge < -0.3 is 10.2 Å². The summed E-state index contributed by atoms with van der Waals surface area (Å²) in [6.45, 7) is 2.15. The molecule has 0 aromatic rings. The predicted octanol–water partition coefficient (Wildman–Crippen LogP) is 3.08. The number of rotatable bonds is 10. The molecule has 0 heterocycles. The van der Waals surface area contributed by atoms with Crippen LogP contribution in [-0.2, 0) is 9.59 Å². The maximum absolute atomic E-state index is 10.7. The zero-order chi connectivity index (χ0) is 13.1. The van der Waals surface area contributed by atoms with Crippen molar-refractivity contribution in [3.05, 3.63) is 12.2 Å². The van der Waals surface area contributed by atoms with Gasteiger partial charge in [0.15, 0.2) is 0 Å². The number of carboxylic acid groups (broad SMARTS) is 2. The summed E-state index contributed by atoms with van der Waals surface area (Å²) >= 11 is 0. The molecule has 1 unspecified atom stereocenters. The van der Waals surface area contributed by atoms with Gasteiger partial charge in [-0.1, -0.05) is 38.3 Å². The Labute approximate surface area is 102 Å². The zero-order valence-corrected chi connectivity index (χ0v) is 10.4. The number of unbranched alkanes of at least 4 members (excludes halogenated alkanes) is 4. The van der Waals surface area contributed by atoms with Crippen molar-refractivity contribution in [3.8, 4) is 0 Å². The molecule has 0 amide bonds. The Morgan fingerprint density at radius 1 is 1.12 bits per heavy atom. The van der Waals surface area contributed by atoms with Crippen LogP contribution in [-0.4, -0.2) is 22.2 Å². The summed E-state index contributed by atoms with van der Waals surface area (Å²) < 4.78 is 0. The van der Waals surface area contributed by atoms with Crippen LogP contribution in [0.2, 0.25) is 0 Å². The van der Waals surface area contributed by atoms with E-state index in [1.165, 1.54) is 19.3 Å². The zero-order valence-electron chi connectivity index (χ0n) is 10.4. The molecule has 98 valence electrons. The molecular formula is C13H22O4. The molecule has 0 fully saturated rings. The monoisotopic (exact) mass is 242 g/mol. The van der Waals surface area contributed by atoms with Gasteiger partial charge in [0.1, 0.15) is 0 Å². The maximum atomic E-state index is 10.7. The van der Waals surface area contributed by atoms with Crippen LogP contribution in [0.25, 0.3) is 0 Å². The minimum absolute atomic E-state index is 0.301. The van der Waals surface area contributed by atoms with E-state index in [-0.39, 0.29) is 6.42 Å². The average molecular weight is 242 g/mol. The van der Waals surface area contributed by atoms with Gasteiger partial charge in [0, 0.05) is 0 Å². The van der Waals surface area contributed by atoms with E-state index in [2.05, 4.69) is 6.92 Å². The fraction of sp³-hybridized carbons (Fsp3) is 0.692. The number of aliphatic carboxylic acids is 2. The van der Waals surface area contributed by atoms with Crippen molar-refractivity contribution in [1.29, 1.82) is 0 Å². The van der Waals surface area contributed by atoms with Crippen LogP contribution in [0.1, 0.15) is 51.9 Å². The summed E-state index contributed by atoms with van der Waals surface area (Å²) in [6.07, 6.45) is 9.40. The van der Waals surface area contributed by atoms with Gasteiger partial charge in [0.25, 0.3) is 0 Å². The predicted molar refractivity (Wildman–Crippen MR) is 65.9 cm³/mol. The summed E-state index contributed by atoms with van der Waals surface area (Å²) in [5.41, 5.74) is 0. The topological polar surface area (TPSA) is 74.6 Å². The number of hydrogen-bond acceptors (Lipinski definition) is 2. The van der Waals surface area contributed by atoms with Crippen LogP contribution in [0.15, 0.2) is 12.2 Å². The van der Waals surface area contributed by atoms with Gasteiger partial charge in [-0.05, 0) is 19.3 Å². The highest BCUT2D eigenvalue weighted by molar-refractivity contribution is 5.77. The molecule has 2 N–H and O–H groups in total. The fourth-order valence-corrected chi connectivity index (χ4v) is 1.55. The van der Waals surface area contributed by atoms with Crippen molar-refractivity contribution in [1.82, 2.24) is 0 Å². The van der Waals surface area contributed by atoms with Crippen molar-refractivity contribution in [2.24, 2.45) is 5.92 Å². The van der Waals surface area contributed by atoms with Gasteiger partial charge in [0.2, 0.25) is 0 Å². The second kappa shape index (κ2) is 9.87. The highest BCUT2D eigenvalue weighted by Gasteiger charge is 2.18. The summed E-state index contributed by atoms with van der Waals surface area (Å²) in [5, 5.41) is 17.3. The summed E-state index contributed by atoms with van der Waals surface area (Å²) in [4.78, 5) is 21.2. The first-order valence-electron chi connectivity index (χ1n) is 6.17. The van der Waals surface area contributed by atoms with Gasteiger partial charge in [-0.25, -0.2) is 0 Å². The van der Waals surface area contributed by atoms with Crippen LogP contribution in [0.5, 0.6) is 0 Å². The third-order valence-corrected chi connectivity index (χ3v) is 2.58. The molecule has 0 aromatic carbocycles. The molecule has 0 saturated carbocycles. The number of allylic oxidation sites excluding steroid dienone is 2. The van der Waals surface area contributed by atoms with Gasteiger partial charge in [-0.3, -0.25) is 9.59 Å². The van der Waals surface area contributed by atoms with Gasteiger partial charge in [0.05, 0.1) is 12.3 Å². The highest BCUT2D eigenvalue weighted by atomic mass is 16.4. The van der Waals surface area contributed by atoms with Crippen molar-refractivity contribution in [2.45, 2.75) is 51.9 Å². The molecule has 0 bridgehead atoms. The van der Waals surface area contributed by atoms with Crippen LogP contribution >= 0.6 is 0 Å². The minimum atomic E-state index is -1.06. The Hall–Kier alpha value is -1.32. The molecular weight excluding hydrogens is 220 g/mol. The first-order chi connectivity index (χ1) is 8.07. The molecule has 0 aliphatic carbocycles. The third-order valence-electron chi connectivity index (χ3n) is 2.58. The Bertz CT molecular complexity index is 258. The number of hydrogen-bond donors (Lipinski definition) is 2. The first kappa shape index (κ1) is 15.7. The molecule has 17 heavy (non-hydrogen) atoms. The van der Waals surface area contributed by atoms with Crippen molar-refractivity contribution >= 4 is 11.9 Å². The quantitative estimate of drug-likeness (QED) is 0.456. The van der Waals surface area contributed by atoms with Gasteiger partial charge in [-0.15, -0.1) is 0 Å². The summed E-state index contributed by atoms with van der Waals surface area (Å²) in [7, 11) is 0. The van der Waals surface area contributed by atoms with E-state index in [9.17, 15) is 9.59 Å². The van der Waals surface area contributed by atoms with Crippen LogP contribution in [0.4, 0.5) is 0 Å². The van der Waals surface area contributed by atoms with Gasteiger partial charge >= 0.3 is 11.9 Å². The molecule has 1 atom stereocenters. The lowest BCUT2D eigenvalue weighted by molar-refractivity contribution is -0.148. The van der Waals surface area contributed by atoms with Gasteiger partial charge in [-0.2, -0.15) is 0 Å². The minimum Gasteiger partial charge on any atom is -0.481 e. The van der Waals surface area contributed by atoms with E-state index < -0.39 is 17.9 Å². The first-order valence-corrected chi connectivity index (χ1v) is 6.17. The van der Waals surface area contributed by atoms with E-state index >= 15 is 0 Å². The second-order valence-corrected chi connectivity index (χ2v) is 4.19. The molecule has 4 nitrogen and oxygen atoms in total. The van der Waals surface area contributed by atoms with Crippen molar-refractivity contribution in [3.63, 3.8) is 0 Å². The van der Waals surface area contributed by atoms with E-state index in [1.54, 1.807) is 6.08 Å². The lowest BCUT2D eigenvalue weighted by atomic mass is 10.0. The largest absolute Gasteiger partial charge is 0.481 e. The lowest BCUT2D eigenvalue weighted by Gasteiger charge is -2.05. The van der Waals surface area contributed by atoms with E-state index in [1.807, 2.05) is 6.08 Å². The maximum Gasteiger partial charge on any atom is 0.307 e. The van der Waals surface area contributed by atoms with Crippen molar-refractivity contribution < 1.29 is 19.8 Å². The van der Waals surface area contributed by atoms with E-state index in [4.69, 9.17) is 10.2 Å². The number of carbonyl (C=O) groups is 2. The Morgan fingerprint density at radius 2 is 1.82 bits per heavy atom. The van der Waals surface area contributed by atoms with E-state index in [0.717, 1.165) is 12.8 Å². The van der Waals surface area contributed by atoms with E-state index in [0.29, 0.717) is 6.42 Å². The SMILES string of the molecule is CCCCCC/C=C/CC(CC(=O)O)C(=O)O. The number of carboxylic acids is 2. The standard InChI is InChI=1S/C13H22O4/c1-2-3-4-5-6-7-8-9-11(13(16)17)10-12(14)15/h7-8,11H,2-6,9-10H2,1H3,(H,14,15)(H,16,17)/b8-7+. The third kappa shape index (κ3) is 9.60. The van der Waals surface area contributed by atoms with Crippen LogP contribution < -0.4 is 0 Å². The molecule has 0 radical (unpaired) electrons. The molecule has 0 aliphatic heterocycles. The fourth-order valence-electron chi connectivity index (χ4n) is 1.55. The van der Waals surface area contributed by atoms with Crippen LogP contribution in [0, 0.1) is 5.92 Å².